The van der Waals surface area contributed by atoms with Crippen molar-refractivity contribution < 1.29 is 9.90 Å². The van der Waals surface area contributed by atoms with Crippen molar-refractivity contribution >= 4 is 17.5 Å². The summed E-state index contributed by atoms with van der Waals surface area (Å²) in [5.74, 6) is -0.0965. The van der Waals surface area contributed by atoms with Crippen LogP contribution in [-0.4, -0.2) is 27.4 Å². The van der Waals surface area contributed by atoms with Crippen LogP contribution in [0, 0.1) is 0 Å². The zero-order valence-electron chi connectivity index (χ0n) is 10.8. The Morgan fingerprint density at radius 3 is 2.95 bits per heavy atom. The van der Waals surface area contributed by atoms with E-state index in [-0.39, 0.29) is 5.91 Å². The quantitative estimate of drug-likeness (QED) is 0.848. The number of H-pyrrole nitrogens is 1. The molecule has 1 aliphatic rings. The molecular weight excluding hydrogens is 276 g/mol. The van der Waals surface area contributed by atoms with Crippen LogP contribution in [0.3, 0.4) is 0 Å². The molecule has 0 bridgehead atoms. The van der Waals surface area contributed by atoms with Crippen LogP contribution < -0.4 is 0 Å². The van der Waals surface area contributed by atoms with E-state index < -0.39 is 6.10 Å². The van der Waals surface area contributed by atoms with E-state index in [0.717, 1.165) is 11.1 Å². The van der Waals surface area contributed by atoms with Gasteiger partial charge in [0.25, 0.3) is 5.91 Å². The zero-order valence-corrected chi connectivity index (χ0v) is 11.6. The molecule has 2 heterocycles. The predicted molar refractivity (Wildman–Crippen MR) is 76.6 cm³/mol. The van der Waals surface area contributed by atoms with Crippen LogP contribution in [0.2, 0.25) is 5.02 Å². The second kappa shape index (κ2) is 5.31. The van der Waals surface area contributed by atoms with E-state index in [2.05, 4.69) is 4.98 Å². The zero-order chi connectivity index (χ0) is 14.1. The van der Waals surface area contributed by atoms with Crippen molar-refractivity contribution in [1.29, 1.82) is 0 Å². The lowest BCUT2D eigenvalue weighted by Crippen LogP contribution is -2.31. The van der Waals surface area contributed by atoms with Gasteiger partial charge in [0.2, 0.25) is 0 Å². The van der Waals surface area contributed by atoms with Crippen LogP contribution in [0.15, 0.2) is 36.5 Å². The second-order valence-electron chi connectivity index (χ2n) is 4.96. The van der Waals surface area contributed by atoms with Crippen molar-refractivity contribution in [1.82, 2.24) is 9.88 Å². The maximum atomic E-state index is 12.4. The van der Waals surface area contributed by atoms with Crippen molar-refractivity contribution in [2.45, 2.75) is 19.1 Å². The van der Waals surface area contributed by atoms with Crippen LogP contribution in [-0.2, 0) is 6.54 Å². The first-order valence-electron chi connectivity index (χ1n) is 6.54. The Kier molecular flexibility index (Phi) is 3.51. The lowest BCUT2D eigenvalue weighted by molar-refractivity contribution is 0.0718. The van der Waals surface area contributed by atoms with Crippen molar-refractivity contribution in [3.63, 3.8) is 0 Å². The number of aromatic nitrogens is 1. The predicted octanol–water partition coefficient (Wildman–Crippen LogP) is 2.75. The molecule has 2 N–H and O–H groups in total. The second-order valence-corrected chi connectivity index (χ2v) is 5.40. The highest BCUT2D eigenvalue weighted by Gasteiger charge is 2.24. The molecule has 1 aromatic carbocycles. The molecule has 1 aromatic heterocycles. The highest BCUT2D eigenvalue weighted by atomic mass is 35.5. The summed E-state index contributed by atoms with van der Waals surface area (Å²) in [4.78, 5) is 17.0. The van der Waals surface area contributed by atoms with Gasteiger partial charge in [-0.2, -0.15) is 0 Å². The number of fused-ring (bicyclic) bond motifs is 1. The molecule has 0 saturated heterocycles. The van der Waals surface area contributed by atoms with Crippen molar-refractivity contribution in [2.24, 2.45) is 0 Å². The van der Waals surface area contributed by atoms with Crippen molar-refractivity contribution in [3.05, 3.63) is 58.4 Å². The molecule has 4 nitrogen and oxygen atoms in total. The normalized spacial score (nSPS) is 18.5. The molecule has 1 atom stereocenters. The molecule has 1 unspecified atom stereocenters. The third kappa shape index (κ3) is 2.44. The van der Waals surface area contributed by atoms with E-state index in [1.165, 1.54) is 0 Å². The highest BCUT2D eigenvalue weighted by Crippen LogP contribution is 2.27. The number of nitrogens with one attached hydrogen (secondary N) is 1. The van der Waals surface area contributed by atoms with E-state index >= 15 is 0 Å². The topological polar surface area (TPSA) is 56.3 Å². The number of rotatable bonds is 1. The molecule has 1 amide bonds. The number of hydrogen-bond donors (Lipinski definition) is 2. The SMILES string of the molecule is O=C(c1cc(Cl)c[nH]1)N1CCC(O)c2ccccc2C1. The minimum Gasteiger partial charge on any atom is -0.388 e. The average molecular weight is 291 g/mol. The van der Waals surface area contributed by atoms with Gasteiger partial charge in [0.15, 0.2) is 0 Å². The smallest absolute Gasteiger partial charge is 0.270 e. The summed E-state index contributed by atoms with van der Waals surface area (Å²) in [5.41, 5.74) is 2.37. The third-order valence-electron chi connectivity index (χ3n) is 3.61. The molecular formula is C15H15ClN2O2. The lowest BCUT2D eigenvalue weighted by Gasteiger charge is -2.20. The summed E-state index contributed by atoms with van der Waals surface area (Å²) in [5, 5.41) is 10.7. The fourth-order valence-corrected chi connectivity index (χ4v) is 2.72. The minimum absolute atomic E-state index is 0.0965. The first-order valence-corrected chi connectivity index (χ1v) is 6.92. The van der Waals surface area contributed by atoms with Crippen molar-refractivity contribution in [2.75, 3.05) is 6.54 Å². The molecule has 0 spiro atoms. The molecule has 0 saturated carbocycles. The van der Waals surface area contributed by atoms with E-state index in [1.54, 1.807) is 17.2 Å². The van der Waals surface area contributed by atoms with Gasteiger partial charge in [0.1, 0.15) is 5.69 Å². The van der Waals surface area contributed by atoms with Crippen LogP contribution in [0.1, 0.15) is 34.1 Å². The summed E-state index contributed by atoms with van der Waals surface area (Å²) in [6.07, 6.45) is 1.61. The number of carbonyl (C=O) groups excluding carboxylic acids is 1. The van der Waals surface area contributed by atoms with E-state index in [1.807, 2.05) is 24.3 Å². The van der Waals surface area contributed by atoms with Gasteiger partial charge in [-0.3, -0.25) is 4.79 Å². The van der Waals surface area contributed by atoms with Gasteiger partial charge in [0.05, 0.1) is 11.1 Å². The van der Waals surface area contributed by atoms with Crippen LogP contribution in [0.25, 0.3) is 0 Å². The van der Waals surface area contributed by atoms with Gasteiger partial charge in [-0.25, -0.2) is 0 Å². The Balaban J connectivity index is 1.88. The third-order valence-corrected chi connectivity index (χ3v) is 3.83. The number of aliphatic hydroxyl groups excluding tert-OH is 1. The van der Waals surface area contributed by atoms with Crippen LogP contribution >= 0.6 is 11.6 Å². The number of halogens is 1. The van der Waals surface area contributed by atoms with E-state index in [0.29, 0.717) is 30.2 Å². The number of amides is 1. The summed E-state index contributed by atoms with van der Waals surface area (Å²) in [6.45, 7) is 1.02. The number of hydrogen-bond acceptors (Lipinski definition) is 2. The van der Waals surface area contributed by atoms with Crippen LogP contribution in [0.5, 0.6) is 0 Å². The van der Waals surface area contributed by atoms with Crippen LogP contribution in [0.4, 0.5) is 0 Å². The number of aliphatic hydroxyl groups is 1. The number of nitrogens with zero attached hydrogens (tertiary/aromatic N) is 1. The largest absolute Gasteiger partial charge is 0.388 e. The molecule has 20 heavy (non-hydrogen) atoms. The monoisotopic (exact) mass is 290 g/mol. The Labute approximate surface area is 122 Å². The number of carbonyl (C=O) groups is 1. The Morgan fingerprint density at radius 1 is 1.40 bits per heavy atom. The van der Waals surface area contributed by atoms with Gasteiger partial charge < -0.3 is 15.0 Å². The van der Waals surface area contributed by atoms with Gasteiger partial charge in [0, 0.05) is 19.3 Å². The van der Waals surface area contributed by atoms with E-state index in [9.17, 15) is 9.90 Å². The fourth-order valence-electron chi connectivity index (χ4n) is 2.56. The molecule has 104 valence electrons. The summed E-state index contributed by atoms with van der Waals surface area (Å²) in [6, 6.07) is 9.32. The molecule has 1 aliphatic heterocycles. The van der Waals surface area contributed by atoms with Gasteiger partial charge in [-0.05, 0) is 23.6 Å². The highest BCUT2D eigenvalue weighted by molar-refractivity contribution is 6.30. The molecule has 0 aliphatic carbocycles. The lowest BCUT2D eigenvalue weighted by atomic mass is 10.0. The molecule has 2 aromatic rings. The van der Waals surface area contributed by atoms with Gasteiger partial charge in [-0.1, -0.05) is 35.9 Å². The van der Waals surface area contributed by atoms with Gasteiger partial charge >= 0.3 is 0 Å². The first kappa shape index (κ1) is 13.2. The molecule has 3 rings (SSSR count). The summed E-state index contributed by atoms with van der Waals surface area (Å²) in [7, 11) is 0. The minimum atomic E-state index is -0.517. The fraction of sp³-hybridized carbons (Fsp3) is 0.267. The van der Waals surface area contributed by atoms with E-state index in [4.69, 9.17) is 11.6 Å². The maximum absolute atomic E-state index is 12.4. The van der Waals surface area contributed by atoms with Gasteiger partial charge in [-0.15, -0.1) is 0 Å². The molecule has 0 radical (unpaired) electrons. The number of aromatic amines is 1. The Morgan fingerprint density at radius 2 is 2.20 bits per heavy atom. The first-order chi connectivity index (χ1) is 9.65. The summed E-state index contributed by atoms with van der Waals surface area (Å²) >= 11 is 5.84. The van der Waals surface area contributed by atoms with Crippen molar-refractivity contribution in [3.8, 4) is 0 Å². The Hall–Kier alpha value is -1.78. The average Bonchev–Trinajstić information content (AvgIpc) is 2.81. The standard InChI is InChI=1S/C15H15ClN2O2/c16-11-7-13(17-8-11)15(20)18-6-5-14(19)12-4-2-1-3-10(12)9-18/h1-4,7-8,14,17,19H,5-6,9H2. The Bertz CT molecular complexity index is 638. The molecule has 0 fully saturated rings. The molecule has 5 heteroatoms. The summed E-state index contributed by atoms with van der Waals surface area (Å²) < 4.78 is 0. The number of benzene rings is 1. The maximum Gasteiger partial charge on any atom is 0.270 e.